The van der Waals surface area contributed by atoms with Crippen molar-refractivity contribution < 1.29 is 17.9 Å². The molecule has 2 rings (SSSR count). The second-order valence-electron chi connectivity index (χ2n) is 4.89. The van der Waals surface area contributed by atoms with Crippen molar-refractivity contribution in [3.8, 4) is 5.75 Å². The van der Waals surface area contributed by atoms with E-state index < -0.39 is 9.84 Å². The second-order valence-corrected chi connectivity index (χ2v) is 7.13. The quantitative estimate of drug-likeness (QED) is 0.886. The first kappa shape index (κ1) is 15.3. The van der Waals surface area contributed by atoms with Gasteiger partial charge in [-0.2, -0.15) is 0 Å². The third-order valence-corrected chi connectivity index (χ3v) is 4.99. The van der Waals surface area contributed by atoms with Crippen molar-refractivity contribution in [2.24, 2.45) is 0 Å². The average molecular weight is 299 g/mol. The molecule has 0 radical (unpaired) electrons. The molecule has 0 aliphatic carbocycles. The lowest BCUT2D eigenvalue weighted by Gasteiger charge is -2.28. The Hall–Kier alpha value is -1.11. The molecule has 1 aliphatic rings. The number of rotatable bonds is 5. The molecule has 0 amide bonds. The summed E-state index contributed by atoms with van der Waals surface area (Å²) in [5, 5.41) is 3.25. The first-order valence-electron chi connectivity index (χ1n) is 6.83. The molecule has 20 heavy (non-hydrogen) atoms. The van der Waals surface area contributed by atoms with Crippen LogP contribution in [-0.2, 0) is 14.6 Å². The van der Waals surface area contributed by atoms with Crippen LogP contribution in [0.3, 0.4) is 0 Å². The SMILES string of the molecule is CCS(=O)(=O)c1ccccc1OCC1CNCC(C)O1. The molecule has 1 aliphatic heterocycles. The number of morpholine rings is 1. The zero-order valence-electron chi connectivity index (χ0n) is 11.8. The molecular weight excluding hydrogens is 278 g/mol. The standard InChI is InChI=1S/C14H21NO4S/c1-3-20(16,17)14-7-5-4-6-13(14)18-10-12-9-15-8-11(2)19-12/h4-7,11-12,15H,3,8-10H2,1-2H3. The molecule has 1 N–H and O–H groups in total. The summed E-state index contributed by atoms with van der Waals surface area (Å²) < 4.78 is 35.4. The largest absolute Gasteiger partial charge is 0.489 e. The molecule has 1 aromatic rings. The van der Waals surface area contributed by atoms with E-state index in [1.165, 1.54) is 0 Å². The van der Waals surface area contributed by atoms with E-state index in [4.69, 9.17) is 9.47 Å². The van der Waals surface area contributed by atoms with Crippen LogP contribution < -0.4 is 10.1 Å². The van der Waals surface area contributed by atoms with E-state index in [0.29, 0.717) is 18.9 Å². The average Bonchev–Trinajstić information content (AvgIpc) is 2.45. The summed E-state index contributed by atoms with van der Waals surface area (Å²) in [5.41, 5.74) is 0. The molecular formula is C14H21NO4S. The van der Waals surface area contributed by atoms with Crippen LogP contribution in [0.5, 0.6) is 5.75 Å². The topological polar surface area (TPSA) is 64.6 Å². The fraction of sp³-hybridized carbons (Fsp3) is 0.571. The monoisotopic (exact) mass is 299 g/mol. The fourth-order valence-corrected chi connectivity index (χ4v) is 3.17. The molecule has 112 valence electrons. The van der Waals surface area contributed by atoms with E-state index in [9.17, 15) is 8.42 Å². The number of para-hydroxylation sites is 1. The minimum Gasteiger partial charge on any atom is -0.489 e. The van der Waals surface area contributed by atoms with Gasteiger partial charge in [0.25, 0.3) is 0 Å². The van der Waals surface area contributed by atoms with Gasteiger partial charge in [0, 0.05) is 13.1 Å². The van der Waals surface area contributed by atoms with Gasteiger partial charge in [-0.15, -0.1) is 0 Å². The number of hydrogen-bond donors (Lipinski definition) is 1. The first-order valence-corrected chi connectivity index (χ1v) is 8.49. The van der Waals surface area contributed by atoms with Gasteiger partial charge in [-0.05, 0) is 19.1 Å². The van der Waals surface area contributed by atoms with E-state index >= 15 is 0 Å². The fourth-order valence-electron chi connectivity index (χ4n) is 2.14. The van der Waals surface area contributed by atoms with Crippen LogP contribution in [0.25, 0.3) is 0 Å². The summed E-state index contributed by atoms with van der Waals surface area (Å²) >= 11 is 0. The summed E-state index contributed by atoms with van der Waals surface area (Å²) in [6.07, 6.45) is 0.0862. The Morgan fingerprint density at radius 2 is 2.10 bits per heavy atom. The normalized spacial score (nSPS) is 23.5. The van der Waals surface area contributed by atoms with Crippen molar-refractivity contribution in [1.82, 2.24) is 5.32 Å². The number of sulfone groups is 1. The predicted octanol–water partition coefficient (Wildman–Crippen LogP) is 1.24. The van der Waals surface area contributed by atoms with Crippen molar-refractivity contribution in [1.29, 1.82) is 0 Å². The molecule has 0 bridgehead atoms. The third-order valence-electron chi connectivity index (χ3n) is 3.22. The lowest BCUT2D eigenvalue weighted by molar-refractivity contribution is -0.0474. The van der Waals surface area contributed by atoms with E-state index in [1.807, 2.05) is 6.92 Å². The van der Waals surface area contributed by atoms with Crippen molar-refractivity contribution in [3.05, 3.63) is 24.3 Å². The van der Waals surface area contributed by atoms with Crippen molar-refractivity contribution in [2.75, 3.05) is 25.4 Å². The molecule has 0 saturated carbocycles. The van der Waals surface area contributed by atoms with E-state index in [0.717, 1.165) is 6.54 Å². The first-order chi connectivity index (χ1) is 9.53. The van der Waals surface area contributed by atoms with Crippen molar-refractivity contribution >= 4 is 9.84 Å². The molecule has 6 heteroatoms. The molecule has 1 fully saturated rings. The van der Waals surface area contributed by atoms with Crippen LogP contribution in [0.15, 0.2) is 29.2 Å². The van der Waals surface area contributed by atoms with Crippen LogP contribution in [0.1, 0.15) is 13.8 Å². The van der Waals surface area contributed by atoms with Crippen molar-refractivity contribution in [2.45, 2.75) is 31.0 Å². The van der Waals surface area contributed by atoms with Crippen LogP contribution in [-0.4, -0.2) is 46.1 Å². The Labute approximate surface area is 120 Å². The maximum absolute atomic E-state index is 12.0. The van der Waals surface area contributed by atoms with Crippen LogP contribution in [0.4, 0.5) is 0 Å². The lowest BCUT2D eigenvalue weighted by Crippen LogP contribution is -2.45. The van der Waals surface area contributed by atoms with E-state index in [1.54, 1.807) is 31.2 Å². The number of benzene rings is 1. The minimum atomic E-state index is -3.27. The van der Waals surface area contributed by atoms with Crippen LogP contribution in [0, 0.1) is 0 Å². The minimum absolute atomic E-state index is 0.0591. The van der Waals surface area contributed by atoms with Gasteiger partial charge < -0.3 is 14.8 Å². The lowest BCUT2D eigenvalue weighted by atomic mass is 10.2. The molecule has 0 aromatic heterocycles. The Kier molecular flexibility index (Phi) is 5.01. The Bertz CT molecular complexity index is 544. The summed E-state index contributed by atoms with van der Waals surface area (Å²) in [5.74, 6) is 0.461. The second kappa shape index (κ2) is 6.56. The molecule has 5 nitrogen and oxygen atoms in total. The predicted molar refractivity (Wildman–Crippen MR) is 76.9 cm³/mol. The van der Waals surface area contributed by atoms with Gasteiger partial charge in [0.2, 0.25) is 0 Å². The van der Waals surface area contributed by atoms with Gasteiger partial charge in [0.05, 0.1) is 11.9 Å². The van der Waals surface area contributed by atoms with Crippen LogP contribution >= 0.6 is 0 Å². The zero-order valence-corrected chi connectivity index (χ0v) is 12.7. The molecule has 1 aromatic carbocycles. The number of hydrogen-bond acceptors (Lipinski definition) is 5. The van der Waals surface area contributed by atoms with E-state index in [-0.39, 0.29) is 22.9 Å². The maximum Gasteiger partial charge on any atom is 0.181 e. The molecule has 2 atom stereocenters. The highest BCUT2D eigenvalue weighted by Crippen LogP contribution is 2.24. The molecule has 1 saturated heterocycles. The highest BCUT2D eigenvalue weighted by molar-refractivity contribution is 7.91. The van der Waals surface area contributed by atoms with Gasteiger partial charge >= 0.3 is 0 Å². The van der Waals surface area contributed by atoms with Crippen molar-refractivity contribution in [3.63, 3.8) is 0 Å². The summed E-state index contributed by atoms with van der Waals surface area (Å²) in [6.45, 7) is 5.51. The zero-order chi connectivity index (χ0) is 14.6. The van der Waals surface area contributed by atoms with Crippen LogP contribution in [0.2, 0.25) is 0 Å². The highest BCUT2D eigenvalue weighted by atomic mass is 32.2. The van der Waals surface area contributed by atoms with E-state index in [2.05, 4.69) is 5.32 Å². The molecule has 0 spiro atoms. The Morgan fingerprint density at radius 1 is 1.35 bits per heavy atom. The Balaban J connectivity index is 2.06. The van der Waals surface area contributed by atoms with Gasteiger partial charge in [0.1, 0.15) is 23.4 Å². The summed E-state index contributed by atoms with van der Waals surface area (Å²) in [7, 11) is -3.27. The molecule has 2 unspecified atom stereocenters. The van der Waals surface area contributed by atoms with Gasteiger partial charge in [-0.25, -0.2) is 8.42 Å². The number of nitrogens with one attached hydrogen (secondary N) is 1. The summed E-state index contributed by atoms with van der Waals surface area (Å²) in [4.78, 5) is 0.249. The molecule has 1 heterocycles. The third kappa shape index (κ3) is 3.71. The Morgan fingerprint density at radius 3 is 2.80 bits per heavy atom. The van der Waals surface area contributed by atoms with Gasteiger partial charge in [-0.1, -0.05) is 19.1 Å². The van der Waals surface area contributed by atoms with Gasteiger partial charge in [0.15, 0.2) is 9.84 Å². The number of ether oxygens (including phenoxy) is 2. The maximum atomic E-state index is 12.0. The highest BCUT2D eigenvalue weighted by Gasteiger charge is 2.21. The van der Waals surface area contributed by atoms with Gasteiger partial charge in [-0.3, -0.25) is 0 Å². The smallest absolute Gasteiger partial charge is 0.181 e. The summed E-state index contributed by atoms with van der Waals surface area (Å²) in [6, 6.07) is 6.74.